The largest absolute Gasteiger partial charge is 0.478 e. The Bertz CT molecular complexity index is 614. The van der Waals surface area contributed by atoms with Crippen LogP contribution in [0, 0.1) is 0 Å². The fraction of sp³-hybridized carbons (Fsp3) is 0.0714. The summed E-state index contributed by atoms with van der Waals surface area (Å²) in [5, 5.41) is 10.2. The van der Waals surface area contributed by atoms with E-state index in [4.69, 9.17) is 28.3 Å². The highest BCUT2D eigenvalue weighted by molar-refractivity contribution is 7.98. The molecular formula is C14H10Cl2O2S. The van der Waals surface area contributed by atoms with Crippen LogP contribution < -0.4 is 0 Å². The first-order valence-corrected chi connectivity index (χ1v) is 7.20. The Balaban J connectivity index is 2.17. The van der Waals surface area contributed by atoms with Crippen molar-refractivity contribution in [1.82, 2.24) is 0 Å². The maximum Gasteiger partial charge on any atom is 0.336 e. The number of benzene rings is 2. The molecule has 5 heteroatoms. The van der Waals surface area contributed by atoms with E-state index in [0.717, 1.165) is 5.56 Å². The van der Waals surface area contributed by atoms with E-state index in [1.54, 1.807) is 18.2 Å². The SMILES string of the molecule is O=C(O)c1cc(Cl)ccc1SCc1cccc(Cl)c1. The Morgan fingerprint density at radius 2 is 1.84 bits per heavy atom. The predicted molar refractivity (Wildman–Crippen MR) is 79.4 cm³/mol. The Hall–Kier alpha value is -1.16. The Kier molecular flexibility index (Phi) is 4.75. The summed E-state index contributed by atoms with van der Waals surface area (Å²) in [5.41, 5.74) is 1.27. The molecule has 2 nitrogen and oxygen atoms in total. The molecular weight excluding hydrogens is 303 g/mol. The van der Waals surface area contributed by atoms with Crippen molar-refractivity contribution in [2.45, 2.75) is 10.6 Å². The highest BCUT2D eigenvalue weighted by Gasteiger charge is 2.11. The zero-order valence-electron chi connectivity index (χ0n) is 9.77. The van der Waals surface area contributed by atoms with Gasteiger partial charge in [0.2, 0.25) is 0 Å². The lowest BCUT2D eigenvalue weighted by Gasteiger charge is -2.06. The van der Waals surface area contributed by atoms with Crippen LogP contribution in [0.3, 0.4) is 0 Å². The van der Waals surface area contributed by atoms with Crippen LogP contribution in [0.5, 0.6) is 0 Å². The first-order valence-electron chi connectivity index (χ1n) is 5.46. The van der Waals surface area contributed by atoms with E-state index in [9.17, 15) is 4.79 Å². The van der Waals surface area contributed by atoms with Crippen molar-refractivity contribution in [3.63, 3.8) is 0 Å². The molecule has 1 N–H and O–H groups in total. The summed E-state index contributed by atoms with van der Waals surface area (Å²) < 4.78 is 0. The third-order valence-corrected chi connectivity index (χ3v) is 4.07. The van der Waals surface area contributed by atoms with Crippen molar-refractivity contribution in [2.24, 2.45) is 0 Å². The second-order valence-electron chi connectivity index (χ2n) is 3.86. The fourth-order valence-electron chi connectivity index (χ4n) is 1.58. The second kappa shape index (κ2) is 6.33. The van der Waals surface area contributed by atoms with Crippen molar-refractivity contribution in [3.05, 3.63) is 63.6 Å². The van der Waals surface area contributed by atoms with Crippen LogP contribution in [-0.2, 0) is 5.75 Å². The monoisotopic (exact) mass is 312 g/mol. The van der Waals surface area contributed by atoms with Gasteiger partial charge >= 0.3 is 5.97 Å². The molecule has 2 aromatic rings. The molecule has 2 aromatic carbocycles. The maximum atomic E-state index is 11.1. The van der Waals surface area contributed by atoms with E-state index in [0.29, 0.717) is 20.7 Å². The van der Waals surface area contributed by atoms with Gasteiger partial charge in [0.05, 0.1) is 5.56 Å². The number of halogens is 2. The van der Waals surface area contributed by atoms with Gasteiger partial charge in [0, 0.05) is 20.7 Å². The van der Waals surface area contributed by atoms with Crippen molar-refractivity contribution < 1.29 is 9.90 Å². The molecule has 0 saturated heterocycles. The van der Waals surface area contributed by atoms with Gasteiger partial charge in [-0.1, -0.05) is 35.3 Å². The highest BCUT2D eigenvalue weighted by Crippen LogP contribution is 2.29. The number of thioether (sulfide) groups is 1. The summed E-state index contributed by atoms with van der Waals surface area (Å²) in [6.45, 7) is 0. The molecule has 0 aromatic heterocycles. The highest BCUT2D eigenvalue weighted by atomic mass is 35.5. The number of hydrogen-bond donors (Lipinski definition) is 1. The maximum absolute atomic E-state index is 11.1. The summed E-state index contributed by atoms with van der Waals surface area (Å²) in [6.07, 6.45) is 0. The van der Waals surface area contributed by atoms with E-state index in [1.807, 2.05) is 18.2 Å². The number of hydrogen-bond acceptors (Lipinski definition) is 2. The predicted octanol–water partition coefficient (Wildman–Crippen LogP) is 4.98. The van der Waals surface area contributed by atoms with E-state index in [-0.39, 0.29) is 5.56 Å². The molecule has 0 unspecified atom stereocenters. The van der Waals surface area contributed by atoms with Gasteiger partial charge in [0.25, 0.3) is 0 Å². The molecule has 0 aliphatic carbocycles. The summed E-state index contributed by atoms with van der Waals surface area (Å²) in [6, 6.07) is 12.4. The third-order valence-electron chi connectivity index (χ3n) is 2.46. The molecule has 0 amide bonds. The van der Waals surface area contributed by atoms with Gasteiger partial charge in [0.15, 0.2) is 0 Å². The van der Waals surface area contributed by atoms with Crippen LogP contribution in [-0.4, -0.2) is 11.1 Å². The molecule has 98 valence electrons. The second-order valence-corrected chi connectivity index (χ2v) is 5.75. The summed E-state index contributed by atoms with van der Waals surface area (Å²) in [5.74, 6) is -0.321. The Morgan fingerprint density at radius 1 is 1.11 bits per heavy atom. The smallest absolute Gasteiger partial charge is 0.336 e. The van der Waals surface area contributed by atoms with E-state index in [2.05, 4.69) is 0 Å². The average molecular weight is 313 g/mol. The first-order chi connectivity index (χ1) is 9.06. The normalized spacial score (nSPS) is 10.4. The van der Waals surface area contributed by atoms with Gasteiger partial charge in [0.1, 0.15) is 0 Å². The van der Waals surface area contributed by atoms with Crippen molar-refractivity contribution in [3.8, 4) is 0 Å². The minimum absolute atomic E-state index is 0.222. The standard InChI is InChI=1S/C14H10Cl2O2S/c15-10-3-1-2-9(6-10)8-19-13-5-4-11(16)7-12(13)14(17)18/h1-7H,8H2,(H,17,18). The minimum Gasteiger partial charge on any atom is -0.478 e. The lowest BCUT2D eigenvalue weighted by Crippen LogP contribution is -1.98. The van der Waals surface area contributed by atoms with Crippen LogP contribution in [0.1, 0.15) is 15.9 Å². The molecule has 0 aliphatic heterocycles. The van der Waals surface area contributed by atoms with Gasteiger partial charge in [-0.3, -0.25) is 0 Å². The lowest BCUT2D eigenvalue weighted by atomic mass is 10.2. The number of aromatic carboxylic acids is 1. The fourth-order valence-corrected chi connectivity index (χ4v) is 2.94. The number of carboxylic acid groups (broad SMARTS) is 1. The van der Waals surface area contributed by atoms with Crippen LogP contribution in [0.25, 0.3) is 0 Å². The van der Waals surface area contributed by atoms with E-state index < -0.39 is 5.97 Å². The van der Waals surface area contributed by atoms with Crippen molar-refractivity contribution in [2.75, 3.05) is 0 Å². The summed E-state index contributed by atoms with van der Waals surface area (Å²) in [7, 11) is 0. The Labute approximate surface area is 125 Å². The molecule has 2 rings (SSSR count). The quantitative estimate of drug-likeness (QED) is 0.809. The molecule has 0 bridgehead atoms. The molecule has 0 radical (unpaired) electrons. The summed E-state index contributed by atoms with van der Waals surface area (Å²) >= 11 is 13.2. The van der Waals surface area contributed by atoms with Crippen LogP contribution >= 0.6 is 35.0 Å². The zero-order valence-corrected chi connectivity index (χ0v) is 12.1. The van der Waals surface area contributed by atoms with Gasteiger partial charge < -0.3 is 5.11 Å². The minimum atomic E-state index is -0.976. The number of rotatable bonds is 4. The van der Waals surface area contributed by atoms with E-state index >= 15 is 0 Å². The molecule has 0 atom stereocenters. The van der Waals surface area contributed by atoms with Crippen molar-refractivity contribution in [1.29, 1.82) is 0 Å². The van der Waals surface area contributed by atoms with Gasteiger partial charge in [-0.25, -0.2) is 4.79 Å². The van der Waals surface area contributed by atoms with Crippen molar-refractivity contribution >= 4 is 40.9 Å². The zero-order chi connectivity index (χ0) is 13.8. The topological polar surface area (TPSA) is 37.3 Å². The Morgan fingerprint density at radius 3 is 2.53 bits per heavy atom. The molecule has 0 heterocycles. The molecule has 19 heavy (non-hydrogen) atoms. The third kappa shape index (κ3) is 3.90. The van der Waals surface area contributed by atoms with Gasteiger partial charge in [-0.15, -0.1) is 11.8 Å². The van der Waals surface area contributed by atoms with Gasteiger partial charge in [-0.2, -0.15) is 0 Å². The van der Waals surface area contributed by atoms with Crippen LogP contribution in [0.2, 0.25) is 10.0 Å². The van der Waals surface area contributed by atoms with Crippen LogP contribution in [0.15, 0.2) is 47.4 Å². The number of carbonyl (C=O) groups is 1. The molecule has 0 spiro atoms. The number of carboxylic acids is 1. The molecule has 0 fully saturated rings. The summed E-state index contributed by atoms with van der Waals surface area (Å²) in [4.78, 5) is 11.8. The lowest BCUT2D eigenvalue weighted by molar-refractivity contribution is 0.0693. The molecule has 0 saturated carbocycles. The van der Waals surface area contributed by atoms with E-state index in [1.165, 1.54) is 17.8 Å². The average Bonchev–Trinajstić information content (AvgIpc) is 2.37. The van der Waals surface area contributed by atoms with Crippen LogP contribution in [0.4, 0.5) is 0 Å². The first kappa shape index (κ1) is 14.3. The van der Waals surface area contributed by atoms with Gasteiger partial charge in [-0.05, 0) is 35.9 Å². The molecule has 0 aliphatic rings.